The minimum absolute atomic E-state index is 0.00700. The van der Waals surface area contributed by atoms with E-state index in [2.05, 4.69) is 4.99 Å². The maximum atomic E-state index is 12.4. The van der Waals surface area contributed by atoms with E-state index in [1.165, 1.54) is 24.3 Å². The van der Waals surface area contributed by atoms with Gasteiger partial charge in [-0.15, -0.1) is 0 Å². The molecule has 0 unspecified atom stereocenters. The van der Waals surface area contributed by atoms with E-state index in [1.54, 1.807) is 11.9 Å². The summed E-state index contributed by atoms with van der Waals surface area (Å²) in [4.78, 5) is 18.3. The molecule has 1 amide bonds. The molecule has 1 heterocycles. The van der Waals surface area contributed by atoms with Crippen LogP contribution in [0.5, 0.6) is 0 Å². The minimum atomic E-state index is -3.74. The van der Waals surface area contributed by atoms with Crippen LogP contribution in [-0.2, 0) is 14.8 Å². The first kappa shape index (κ1) is 15.4. The number of carbonyl (C=O) groups is 1. The zero-order valence-electron chi connectivity index (χ0n) is 12.6. The standard InChI is InChI=1S/C16H15N3O3S/c1-10-3-8-14-13(9-10)15(16(20)19(14)2)18-11-4-6-12(7-5-11)23(17,21)22/h3-9H,1-2H3,(H2,17,21,22). The highest BCUT2D eigenvalue weighted by atomic mass is 32.2. The van der Waals surface area contributed by atoms with Gasteiger partial charge in [0.25, 0.3) is 5.91 Å². The van der Waals surface area contributed by atoms with Gasteiger partial charge in [0.2, 0.25) is 10.0 Å². The Morgan fingerprint density at radius 2 is 1.74 bits per heavy atom. The van der Waals surface area contributed by atoms with Crippen molar-refractivity contribution < 1.29 is 13.2 Å². The molecule has 0 aliphatic carbocycles. The fraction of sp³-hybridized carbons (Fsp3) is 0.125. The Labute approximate surface area is 134 Å². The van der Waals surface area contributed by atoms with Crippen LogP contribution in [0.2, 0.25) is 0 Å². The number of benzene rings is 2. The first-order valence-electron chi connectivity index (χ1n) is 6.88. The lowest BCUT2D eigenvalue weighted by atomic mass is 10.1. The zero-order chi connectivity index (χ0) is 16.8. The van der Waals surface area contributed by atoms with Crippen LogP contribution in [0.3, 0.4) is 0 Å². The molecule has 2 N–H and O–H groups in total. The summed E-state index contributed by atoms with van der Waals surface area (Å²) in [5, 5.41) is 5.07. The van der Waals surface area contributed by atoms with E-state index in [0.717, 1.165) is 16.8 Å². The third-order valence-electron chi connectivity index (χ3n) is 3.68. The molecule has 2 aromatic rings. The Bertz CT molecular complexity index is 932. The molecule has 3 rings (SSSR count). The van der Waals surface area contributed by atoms with E-state index in [1.807, 2.05) is 25.1 Å². The molecule has 118 valence electrons. The van der Waals surface area contributed by atoms with Gasteiger partial charge in [0.15, 0.2) is 0 Å². The number of aliphatic imine (C=N–C) groups is 1. The highest BCUT2D eigenvalue weighted by Gasteiger charge is 2.31. The third-order valence-corrected chi connectivity index (χ3v) is 4.61. The molecule has 0 radical (unpaired) electrons. The van der Waals surface area contributed by atoms with Crippen molar-refractivity contribution >= 4 is 33.0 Å². The first-order chi connectivity index (χ1) is 10.8. The average Bonchev–Trinajstić information content (AvgIpc) is 2.72. The van der Waals surface area contributed by atoms with Crippen molar-refractivity contribution in [2.75, 3.05) is 11.9 Å². The van der Waals surface area contributed by atoms with Crippen molar-refractivity contribution in [2.24, 2.45) is 10.1 Å². The smallest absolute Gasteiger partial charge is 0.277 e. The van der Waals surface area contributed by atoms with Crippen LogP contribution in [-0.4, -0.2) is 27.1 Å². The number of hydrogen-bond donors (Lipinski definition) is 1. The average molecular weight is 329 g/mol. The Morgan fingerprint density at radius 3 is 2.35 bits per heavy atom. The molecule has 0 spiro atoms. The molecule has 1 aliphatic heterocycles. The van der Waals surface area contributed by atoms with Gasteiger partial charge in [0.1, 0.15) is 5.71 Å². The summed E-state index contributed by atoms with van der Waals surface area (Å²) in [7, 11) is -2.05. The number of hydrogen-bond acceptors (Lipinski definition) is 4. The lowest BCUT2D eigenvalue weighted by Gasteiger charge is -2.08. The predicted molar refractivity (Wildman–Crippen MR) is 88.6 cm³/mol. The number of fused-ring (bicyclic) bond motifs is 1. The summed E-state index contributed by atoms with van der Waals surface area (Å²) in [5.74, 6) is -0.193. The van der Waals surface area contributed by atoms with Gasteiger partial charge in [0, 0.05) is 12.6 Å². The number of likely N-dealkylation sites (N-methyl/N-ethyl adjacent to an activating group) is 1. The number of anilines is 1. The summed E-state index contributed by atoms with van der Waals surface area (Å²) in [6.07, 6.45) is 0. The second-order valence-electron chi connectivity index (χ2n) is 5.38. The molecule has 0 fully saturated rings. The number of nitrogens with zero attached hydrogens (tertiary/aromatic N) is 2. The highest BCUT2D eigenvalue weighted by molar-refractivity contribution is 7.89. The minimum Gasteiger partial charge on any atom is -0.309 e. The van der Waals surface area contributed by atoms with Gasteiger partial charge in [-0.1, -0.05) is 11.6 Å². The molecule has 0 saturated carbocycles. The summed E-state index contributed by atoms with van der Waals surface area (Å²) < 4.78 is 22.5. The van der Waals surface area contributed by atoms with Crippen LogP contribution in [0.4, 0.5) is 11.4 Å². The van der Waals surface area contributed by atoms with E-state index >= 15 is 0 Å². The van der Waals surface area contributed by atoms with Gasteiger partial charge < -0.3 is 4.90 Å². The Kier molecular flexibility index (Phi) is 3.54. The maximum absolute atomic E-state index is 12.4. The SMILES string of the molecule is Cc1ccc2c(c1)C(=Nc1ccc(S(N)(=O)=O)cc1)C(=O)N2C. The summed E-state index contributed by atoms with van der Waals surface area (Å²) in [5.41, 5.74) is 3.44. The van der Waals surface area contributed by atoms with E-state index in [9.17, 15) is 13.2 Å². The highest BCUT2D eigenvalue weighted by Crippen LogP contribution is 2.30. The molecule has 1 aliphatic rings. The molecule has 0 aromatic heterocycles. The number of rotatable bonds is 2. The van der Waals surface area contributed by atoms with Crippen LogP contribution in [0.15, 0.2) is 52.4 Å². The molecular weight excluding hydrogens is 314 g/mol. The van der Waals surface area contributed by atoms with E-state index < -0.39 is 10.0 Å². The van der Waals surface area contributed by atoms with Crippen molar-refractivity contribution in [1.82, 2.24) is 0 Å². The Hall–Kier alpha value is -2.51. The van der Waals surface area contributed by atoms with Gasteiger partial charge >= 0.3 is 0 Å². The number of nitrogens with two attached hydrogens (primary N) is 1. The Morgan fingerprint density at radius 1 is 1.09 bits per heavy atom. The Balaban J connectivity index is 2.07. The molecule has 23 heavy (non-hydrogen) atoms. The molecule has 6 nitrogen and oxygen atoms in total. The van der Waals surface area contributed by atoms with Crippen LogP contribution >= 0.6 is 0 Å². The van der Waals surface area contributed by atoms with Gasteiger partial charge in [-0.25, -0.2) is 18.5 Å². The molecule has 0 saturated heterocycles. The van der Waals surface area contributed by atoms with E-state index in [0.29, 0.717) is 11.4 Å². The monoisotopic (exact) mass is 329 g/mol. The fourth-order valence-corrected chi connectivity index (χ4v) is 2.98. The topological polar surface area (TPSA) is 92.8 Å². The lowest BCUT2D eigenvalue weighted by Crippen LogP contribution is -2.25. The maximum Gasteiger partial charge on any atom is 0.277 e. The molecule has 0 atom stereocenters. The number of amides is 1. The molecule has 7 heteroatoms. The number of primary sulfonamides is 1. The van der Waals surface area contributed by atoms with Crippen molar-refractivity contribution in [3.8, 4) is 0 Å². The van der Waals surface area contributed by atoms with Gasteiger partial charge in [0.05, 0.1) is 16.3 Å². The second-order valence-corrected chi connectivity index (χ2v) is 6.95. The van der Waals surface area contributed by atoms with Crippen LogP contribution in [0, 0.1) is 6.92 Å². The van der Waals surface area contributed by atoms with Crippen molar-refractivity contribution in [3.05, 3.63) is 53.6 Å². The van der Waals surface area contributed by atoms with Crippen LogP contribution in [0.25, 0.3) is 0 Å². The van der Waals surface area contributed by atoms with Crippen molar-refractivity contribution in [2.45, 2.75) is 11.8 Å². The molecule has 0 bridgehead atoms. The lowest BCUT2D eigenvalue weighted by molar-refractivity contribution is -0.111. The molecular formula is C16H15N3O3S. The zero-order valence-corrected chi connectivity index (χ0v) is 13.5. The van der Waals surface area contributed by atoms with Gasteiger partial charge in [-0.2, -0.15) is 0 Å². The van der Waals surface area contributed by atoms with E-state index in [-0.39, 0.29) is 10.8 Å². The number of sulfonamides is 1. The van der Waals surface area contributed by atoms with Crippen LogP contribution < -0.4 is 10.0 Å². The first-order valence-corrected chi connectivity index (χ1v) is 8.42. The predicted octanol–water partition coefficient (Wildman–Crippen LogP) is 1.74. The van der Waals surface area contributed by atoms with Crippen molar-refractivity contribution in [1.29, 1.82) is 0 Å². The van der Waals surface area contributed by atoms with Crippen molar-refractivity contribution in [3.63, 3.8) is 0 Å². The summed E-state index contributed by atoms with van der Waals surface area (Å²) in [6.45, 7) is 1.95. The van der Waals surface area contributed by atoms with Gasteiger partial charge in [-0.3, -0.25) is 4.79 Å². The van der Waals surface area contributed by atoms with Crippen LogP contribution in [0.1, 0.15) is 11.1 Å². The van der Waals surface area contributed by atoms with Gasteiger partial charge in [-0.05, 0) is 43.3 Å². The number of aryl methyl sites for hydroxylation is 1. The summed E-state index contributed by atoms with van der Waals surface area (Å²) in [6, 6.07) is 11.5. The summed E-state index contributed by atoms with van der Waals surface area (Å²) >= 11 is 0. The number of carbonyl (C=O) groups excluding carboxylic acids is 1. The normalized spacial score (nSPS) is 16.0. The fourth-order valence-electron chi connectivity index (χ4n) is 2.46. The molecule has 2 aromatic carbocycles. The quantitative estimate of drug-likeness (QED) is 0.909. The third kappa shape index (κ3) is 2.76. The second kappa shape index (κ2) is 5.29. The van der Waals surface area contributed by atoms with E-state index in [4.69, 9.17) is 5.14 Å². The largest absolute Gasteiger partial charge is 0.309 e.